The van der Waals surface area contributed by atoms with Gasteiger partial charge in [0.25, 0.3) is 0 Å². The maximum atomic E-state index is 13.3. The van der Waals surface area contributed by atoms with Gasteiger partial charge in [0.15, 0.2) is 11.6 Å². The van der Waals surface area contributed by atoms with Gasteiger partial charge in [-0.3, -0.25) is 0 Å². The van der Waals surface area contributed by atoms with E-state index in [1.807, 2.05) is 0 Å². The SMILES string of the molecule is O=C(OCc1cccc(Cl)c1)c1cccc(F)c1F. The van der Waals surface area contributed by atoms with Gasteiger partial charge >= 0.3 is 5.97 Å². The fourth-order valence-electron chi connectivity index (χ4n) is 1.51. The molecule has 0 saturated carbocycles. The van der Waals surface area contributed by atoms with Crippen molar-refractivity contribution < 1.29 is 18.3 Å². The molecule has 0 amide bonds. The molecule has 0 unspecified atom stereocenters. The molecule has 19 heavy (non-hydrogen) atoms. The Morgan fingerprint density at radius 1 is 1.16 bits per heavy atom. The molecule has 0 heterocycles. The molecule has 0 bridgehead atoms. The summed E-state index contributed by atoms with van der Waals surface area (Å²) in [5.74, 6) is -3.22. The van der Waals surface area contributed by atoms with Crippen LogP contribution in [-0.2, 0) is 11.3 Å². The number of hydrogen-bond acceptors (Lipinski definition) is 2. The van der Waals surface area contributed by atoms with Gasteiger partial charge in [-0.05, 0) is 29.8 Å². The number of hydrogen-bond donors (Lipinski definition) is 0. The predicted octanol–water partition coefficient (Wildman–Crippen LogP) is 3.98. The second-order valence-electron chi connectivity index (χ2n) is 3.81. The van der Waals surface area contributed by atoms with Gasteiger partial charge in [-0.25, -0.2) is 13.6 Å². The van der Waals surface area contributed by atoms with E-state index in [-0.39, 0.29) is 6.61 Å². The number of ether oxygens (including phenoxy) is 1. The van der Waals surface area contributed by atoms with Crippen LogP contribution in [-0.4, -0.2) is 5.97 Å². The molecule has 0 saturated heterocycles. The van der Waals surface area contributed by atoms with Crippen LogP contribution >= 0.6 is 11.6 Å². The Morgan fingerprint density at radius 3 is 2.63 bits per heavy atom. The summed E-state index contributed by atoms with van der Waals surface area (Å²) in [5.41, 5.74) is 0.236. The standard InChI is InChI=1S/C14H9ClF2O2/c15-10-4-1-3-9(7-10)8-19-14(18)11-5-2-6-12(16)13(11)17/h1-7H,8H2. The number of halogens is 3. The number of carbonyl (C=O) groups is 1. The molecule has 2 aromatic carbocycles. The van der Waals surface area contributed by atoms with E-state index in [1.165, 1.54) is 12.1 Å². The highest BCUT2D eigenvalue weighted by Gasteiger charge is 2.16. The molecule has 0 aliphatic carbocycles. The molecule has 5 heteroatoms. The van der Waals surface area contributed by atoms with Crippen molar-refractivity contribution in [3.05, 3.63) is 70.2 Å². The summed E-state index contributed by atoms with van der Waals surface area (Å²) in [4.78, 5) is 11.6. The van der Waals surface area contributed by atoms with E-state index in [9.17, 15) is 13.6 Å². The van der Waals surface area contributed by atoms with Crippen molar-refractivity contribution in [3.8, 4) is 0 Å². The maximum absolute atomic E-state index is 13.3. The lowest BCUT2D eigenvalue weighted by atomic mass is 10.2. The van der Waals surface area contributed by atoms with E-state index in [2.05, 4.69) is 0 Å². The van der Waals surface area contributed by atoms with Gasteiger partial charge in [-0.1, -0.05) is 29.8 Å². The zero-order valence-corrected chi connectivity index (χ0v) is 10.5. The fraction of sp³-hybridized carbons (Fsp3) is 0.0714. The van der Waals surface area contributed by atoms with Crippen LogP contribution in [0, 0.1) is 11.6 Å². The molecule has 98 valence electrons. The second-order valence-corrected chi connectivity index (χ2v) is 4.24. The summed E-state index contributed by atoms with van der Waals surface area (Å²) in [6.45, 7) is -0.0602. The Balaban J connectivity index is 2.08. The van der Waals surface area contributed by atoms with Gasteiger partial charge in [-0.2, -0.15) is 0 Å². The first-order chi connectivity index (χ1) is 9.08. The third-order valence-corrected chi connectivity index (χ3v) is 2.67. The zero-order chi connectivity index (χ0) is 13.8. The van der Waals surface area contributed by atoms with Crippen molar-refractivity contribution in [3.63, 3.8) is 0 Å². The highest BCUT2D eigenvalue weighted by molar-refractivity contribution is 6.30. The van der Waals surface area contributed by atoms with Gasteiger partial charge < -0.3 is 4.74 Å². The average molecular weight is 283 g/mol. The summed E-state index contributed by atoms with van der Waals surface area (Å²) in [5, 5.41) is 0.505. The van der Waals surface area contributed by atoms with E-state index in [0.717, 1.165) is 6.07 Å². The molecule has 0 spiro atoms. The number of rotatable bonds is 3. The van der Waals surface area contributed by atoms with Gasteiger partial charge in [0.2, 0.25) is 0 Å². The molecule has 0 radical (unpaired) electrons. The normalized spacial score (nSPS) is 10.3. The van der Waals surface area contributed by atoms with Crippen LogP contribution in [0.4, 0.5) is 8.78 Å². The largest absolute Gasteiger partial charge is 0.457 e. The van der Waals surface area contributed by atoms with Gasteiger partial charge in [0.05, 0.1) is 5.56 Å². The van der Waals surface area contributed by atoms with Crippen molar-refractivity contribution in [1.29, 1.82) is 0 Å². The van der Waals surface area contributed by atoms with E-state index in [4.69, 9.17) is 16.3 Å². The lowest BCUT2D eigenvalue weighted by molar-refractivity contribution is 0.0466. The van der Waals surface area contributed by atoms with Crippen LogP contribution < -0.4 is 0 Å². The van der Waals surface area contributed by atoms with Crippen molar-refractivity contribution >= 4 is 17.6 Å². The van der Waals surface area contributed by atoms with Crippen LogP contribution in [0.25, 0.3) is 0 Å². The van der Waals surface area contributed by atoms with Crippen molar-refractivity contribution in [1.82, 2.24) is 0 Å². The Hall–Kier alpha value is -1.94. The van der Waals surface area contributed by atoms with Crippen LogP contribution in [0.5, 0.6) is 0 Å². The summed E-state index contributed by atoms with van der Waals surface area (Å²) >= 11 is 5.77. The van der Waals surface area contributed by atoms with Crippen LogP contribution in [0.3, 0.4) is 0 Å². The third kappa shape index (κ3) is 3.29. The van der Waals surface area contributed by atoms with Gasteiger partial charge in [0.1, 0.15) is 6.61 Å². The Bertz CT molecular complexity index is 614. The first-order valence-corrected chi connectivity index (χ1v) is 5.81. The van der Waals surface area contributed by atoms with Crippen LogP contribution in [0.15, 0.2) is 42.5 Å². The minimum Gasteiger partial charge on any atom is -0.457 e. The molecular weight excluding hydrogens is 274 g/mol. The van der Waals surface area contributed by atoms with Crippen molar-refractivity contribution in [2.45, 2.75) is 6.61 Å². The molecular formula is C14H9ClF2O2. The summed E-state index contributed by atoms with van der Waals surface area (Å²) in [6.07, 6.45) is 0. The number of esters is 1. The minimum absolute atomic E-state index is 0.0602. The smallest absolute Gasteiger partial charge is 0.341 e. The van der Waals surface area contributed by atoms with Crippen LogP contribution in [0.2, 0.25) is 5.02 Å². The van der Waals surface area contributed by atoms with Crippen molar-refractivity contribution in [2.24, 2.45) is 0 Å². The Kier molecular flexibility index (Phi) is 4.12. The number of benzene rings is 2. The molecule has 0 fully saturated rings. The predicted molar refractivity (Wildman–Crippen MR) is 66.9 cm³/mol. The summed E-state index contributed by atoms with van der Waals surface area (Å²) < 4.78 is 31.2. The lowest BCUT2D eigenvalue weighted by Crippen LogP contribution is -2.08. The molecule has 2 nitrogen and oxygen atoms in total. The van der Waals surface area contributed by atoms with Gasteiger partial charge in [-0.15, -0.1) is 0 Å². The van der Waals surface area contributed by atoms with Crippen molar-refractivity contribution in [2.75, 3.05) is 0 Å². The molecule has 0 atom stereocenters. The van der Waals surface area contributed by atoms with E-state index < -0.39 is 23.2 Å². The first-order valence-electron chi connectivity index (χ1n) is 5.43. The maximum Gasteiger partial charge on any atom is 0.341 e. The third-order valence-electron chi connectivity index (χ3n) is 2.43. The quantitative estimate of drug-likeness (QED) is 0.796. The molecule has 2 aromatic rings. The summed E-state index contributed by atoms with van der Waals surface area (Å²) in [6, 6.07) is 10.1. The molecule has 2 rings (SSSR count). The number of carbonyl (C=O) groups excluding carboxylic acids is 1. The monoisotopic (exact) mass is 282 g/mol. The van der Waals surface area contributed by atoms with E-state index in [1.54, 1.807) is 24.3 Å². The second kappa shape index (κ2) is 5.80. The van der Waals surface area contributed by atoms with E-state index in [0.29, 0.717) is 10.6 Å². The van der Waals surface area contributed by atoms with E-state index >= 15 is 0 Å². The lowest BCUT2D eigenvalue weighted by Gasteiger charge is -2.06. The molecule has 0 aliphatic heterocycles. The molecule has 0 aromatic heterocycles. The molecule has 0 aliphatic rings. The average Bonchev–Trinajstić information content (AvgIpc) is 2.39. The fourth-order valence-corrected chi connectivity index (χ4v) is 1.73. The Labute approximate surface area is 113 Å². The minimum atomic E-state index is -1.21. The highest BCUT2D eigenvalue weighted by Crippen LogP contribution is 2.15. The first kappa shape index (κ1) is 13.5. The highest BCUT2D eigenvalue weighted by atomic mass is 35.5. The Morgan fingerprint density at radius 2 is 1.89 bits per heavy atom. The zero-order valence-electron chi connectivity index (χ0n) is 9.70. The van der Waals surface area contributed by atoms with Crippen LogP contribution in [0.1, 0.15) is 15.9 Å². The summed E-state index contributed by atoms with van der Waals surface area (Å²) in [7, 11) is 0. The van der Waals surface area contributed by atoms with Gasteiger partial charge in [0, 0.05) is 5.02 Å². The topological polar surface area (TPSA) is 26.3 Å². The molecule has 0 N–H and O–H groups in total.